The van der Waals surface area contributed by atoms with Crippen molar-refractivity contribution in [2.24, 2.45) is 7.05 Å². The number of hydrogen-bond acceptors (Lipinski definition) is 2. The Balaban J connectivity index is 2.54. The lowest BCUT2D eigenvalue weighted by Gasteiger charge is -2.05. The quantitative estimate of drug-likeness (QED) is 0.691. The molecular formula is C11H11ClN3O+. The van der Waals surface area contributed by atoms with Gasteiger partial charge in [0, 0.05) is 5.02 Å². The molecule has 0 saturated heterocycles. The van der Waals surface area contributed by atoms with E-state index in [1.165, 1.54) is 0 Å². The molecule has 3 rings (SSSR count). The monoisotopic (exact) mass is 236 g/mol. The summed E-state index contributed by atoms with van der Waals surface area (Å²) < 4.78 is 3.73. The Morgan fingerprint density at radius 3 is 3.12 bits per heavy atom. The number of aromatic nitrogens is 2. The molecule has 4 nitrogen and oxygen atoms in total. The van der Waals surface area contributed by atoms with Crippen molar-refractivity contribution in [1.29, 1.82) is 0 Å². The average Bonchev–Trinajstić information content (AvgIpc) is 2.75. The van der Waals surface area contributed by atoms with Crippen molar-refractivity contribution < 1.29 is 4.57 Å². The van der Waals surface area contributed by atoms with E-state index in [4.69, 9.17) is 11.6 Å². The van der Waals surface area contributed by atoms with Crippen LogP contribution in [0.1, 0.15) is 0 Å². The van der Waals surface area contributed by atoms with Crippen molar-refractivity contribution in [2.45, 2.75) is 6.54 Å². The van der Waals surface area contributed by atoms with Gasteiger partial charge in [-0.05, 0) is 18.2 Å². The Morgan fingerprint density at radius 2 is 2.31 bits per heavy atom. The van der Waals surface area contributed by atoms with Gasteiger partial charge in [0.15, 0.2) is 0 Å². The van der Waals surface area contributed by atoms with E-state index in [0.717, 1.165) is 18.0 Å². The third-order valence-electron chi connectivity index (χ3n) is 2.99. The molecule has 2 heterocycles. The van der Waals surface area contributed by atoms with Crippen LogP contribution in [-0.4, -0.2) is 11.1 Å². The lowest BCUT2D eigenvalue weighted by atomic mass is 10.2. The van der Waals surface area contributed by atoms with Crippen molar-refractivity contribution >= 4 is 28.5 Å². The highest BCUT2D eigenvalue weighted by molar-refractivity contribution is 6.31. The van der Waals surface area contributed by atoms with Gasteiger partial charge in [-0.1, -0.05) is 11.6 Å². The Kier molecular flexibility index (Phi) is 1.94. The number of benzene rings is 1. The SMILES string of the molecule is C[n+]1c2n(c(=O)c3cc(Cl)ccc31)CCN2. The lowest BCUT2D eigenvalue weighted by molar-refractivity contribution is -0.633. The topological polar surface area (TPSA) is 37.9 Å². The molecule has 1 aliphatic heterocycles. The normalized spacial score (nSPS) is 13.9. The zero-order chi connectivity index (χ0) is 11.3. The third-order valence-corrected chi connectivity index (χ3v) is 3.22. The van der Waals surface area contributed by atoms with Gasteiger partial charge >= 0.3 is 11.5 Å². The first-order valence-electron chi connectivity index (χ1n) is 5.14. The van der Waals surface area contributed by atoms with Crippen LogP contribution >= 0.6 is 11.6 Å². The molecule has 0 unspecified atom stereocenters. The number of anilines is 1. The van der Waals surface area contributed by atoms with Crippen LogP contribution in [0.25, 0.3) is 10.9 Å². The van der Waals surface area contributed by atoms with E-state index in [-0.39, 0.29) is 5.56 Å². The van der Waals surface area contributed by atoms with Gasteiger partial charge in [0.2, 0.25) is 0 Å². The molecule has 5 heteroatoms. The lowest BCUT2D eigenvalue weighted by Crippen LogP contribution is -2.38. The van der Waals surface area contributed by atoms with Gasteiger partial charge in [-0.15, -0.1) is 0 Å². The number of fused-ring (bicyclic) bond motifs is 2. The molecule has 0 amide bonds. The van der Waals surface area contributed by atoms with Crippen LogP contribution in [0.3, 0.4) is 0 Å². The van der Waals surface area contributed by atoms with Crippen molar-refractivity contribution in [3.63, 3.8) is 0 Å². The summed E-state index contributed by atoms with van der Waals surface area (Å²) in [4.78, 5) is 12.2. The van der Waals surface area contributed by atoms with Gasteiger partial charge < -0.3 is 0 Å². The molecular weight excluding hydrogens is 226 g/mol. The summed E-state index contributed by atoms with van der Waals surface area (Å²) in [7, 11) is 1.94. The first kappa shape index (κ1) is 9.66. The van der Waals surface area contributed by atoms with Crippen LogP contribution in [-0.2, 0) is 13.6 Å². The van der Waals surface area contributed by atoms with E-state index in [1.54, 1.807) is 16.7 Å². The molecule has 1 N–H and O–H groups in total. The fourth-order valence-electron chi connectivity index (χ4n) is 2.21. The molecule has 0 radical (unpaired) electrons. The summed E-state index contributed by atoms with van der Waals surface area (Å²) >= 11 is 5.92. The summed E-state index contributed by atoms with van der Waals surface area (Å²) in [6.07, 6.45) is 0. The van der Waals surface area contributed by atoms with Crippen molar-refractivity contribution in [2.75, 3.05) is 11.9 Å². The van der Waals surface area contributed by atoms with E-state index in [0.29, 0.717) is 17.0 Å². The highest BCUT2D eigenvalue weighted by Crippen LogP contribution is 2.16. The van der Waals surface area contributed by atoms with Gasteiger partial charge in [-0.2, -0.15) is 4.57 Å². The number of aryl methyl sites for hydroxylation is 1. The van der Waals surface area contributed by atoms with E-state index in [2.05, 4.69) is 5.32 Å². The predicted molar refractivity (Wildman–Crippen MR) is 62.9 cm³/mol. The maximum atomic E-state index is 12.2. The van der Waals surface area contributed by atoms with Gasteiger partial charge in [-0.3, -0.25) is 10.1 Å². The van der Waals surface area contributed by atoms with Gasteiger partial charge in [0.05, 0.1) is 19.0 Å². The number of rotatable bonds is 0. The zero-order valence-corrected chi connectivity index (χ0v) is 9.58. The van der Waals surface area contributed by atoms with Crippen LogP contribution in [0.2, 0.25) is 5.02 Å². The fraction of sp³-hybridized carbons (Fsp3) is 0.273. The maximum absolute atomic E-state index is 12.2. The second-order valence-electron chi connectivity index (χ2n) is 3.93. The molecule has 0 saturated carbocycles. The molecule has 1 aromatic heterocycles. The predicted octanol–water partition coefficient (Wildman–Crippen LogP) is 0.905. The van der Waals surface area contributed by atoms with Crippen molar-refractivity contribution in [3.8, 4) is 0 Å². The van der Waals surface area contributed by atoms with E-state index in [9.17, 15) is 4.79 Å². The van der Waals surface area contributed by atoms with E-state index < -0.39 is 0 Å². The third kappa shape index (κ3) is 1.16. The molecule has 0 aliphatic carbocycles. The van der Waals surface area contributed by atoms with Crippen LogP contribution in [0, 0.1) is 0 Å². The number of halogens is 1. The van der Waals surface area contributed by atoms with Crippen molar-refractivity contribution in [1.82, 2.24) is 4.57 Å². The Bertz CT molecular complexity index is 648. The number of nitrogens with zero attached hydrogens (tertiary/aromatic N) is 2. The van der Waals surface area contributed by atoms with Crippen LogP contribution in [0.15, 0.2) is 23.0 Å². The number of nitrogens with one attached hydrogen (secondary N) is 1. The fourth-order valence-corrected chi connectivity index (χ4v) is 2.38. The van der Waals surface area contributed by atoms with Crippen LogP contribution < -0.4 is 15.4 Å². The first-order valence-corrected chi connectivity index (χ1v) is 5.52. The molecule has 0 atom stereocenters. The molecule has 82 valence electrons. The second-order valence-corrected chi connectivity index (χ2v) is 4.36. The highest BCUT2D eigenvalue weighted by atomic mass is 35.5. The maximum Gasteiger partial charge on any atom is 0.360 e. The minimum absolute atomic E-state index is 0.0237. The Hall–Kier alpha value is -1.55. The minimum Gasteiger partial charge on any atom is -0.274 e. The van der Waals surface area contributed by atoms with Gasteiger partial charge in [0.25, 0.3) is 0 Å². The molecule has 0 fully saturated rings. The largest absolute Gasteiger partial charge is 0.360 e. The van der Waals surface area contributed by atoms with E-state index in [1.807, 2.05) is 17.7 Å². The summed E-state index contributed by atoms with van der Waals surface area (Å²) in [6, 6.07) is 5.40. The summed E-state index contributed by atoms with van der Waals surface area (Å²) in [6.45, 7) is 1.51. The van der Waals surface area contributed by atoms with Gasteiger partial charge in [0.1, 0.15) is 12.1 Å². The van der Waals surface area contributed by atoms with Gasteiger partial charge in [-0.25, -0.2) is 4.57 Å². The highest BCUT2D eigenvalue weighted by Gasteiger charge is 2.24. The second kappa shape index (κ2) is 3.22. The zero-order valence-electron chi connectivity index (χ0n) is 8.83. The van der Waals surface area contributed by atoms with Crippen molar-refractivity contribution in [3.05, 3.63) is 33.6 Å². The summed E-state index contributed by atoms with van der Waals surface area (Å²) in [5.74, 6) is 0.861. The Labute approximate surface area is 97.1 Å². The molecule has 0 spiro atoms. The summed E-state index contributed by atoms with van der Waals surface area (Å²) in [5, 5.41) is 4.47. The average molecular weight is 237 g/mol. The van der Waals surface area contributed by atoms with E-state index >= 15 is 0 Å². The van der Waals surface area contributed by atoms with Crippen LogP contribution in [0.5, 0.6) is 0 Å². The first-order chi connectivity index (χ1) is 7.68. The minimum atomic E-state index is 0.0237. The summed E-state index contributed by atoms with van der Waals surface area (Å²) in [5.41, 5.74) is 0.922. The van der Waals surface area contributed by atoms with Crippen LogP contribution in [0.4, 0.5) is 5.95 Å². The number of hydrogen-bond donors (Lipinski definition) is 1. The molecule has 0 bridgehead atoms. The Morgan fingerprint density at radius 1 is 1.50 bits per heavy atom. The standard InChI is InChI=1S/C11H10ClN3O/c1-14-9-3-2-7(12)6-8(9)10(16)15-5-4-13-11(14)15/h2-3,6H,4-5H2,1H3/p+1. The molecule has 1 aliphatic rings. The molecule has 2 aromatic rings. The molecule has 1 aromatic carbocycles. The molecule has 16 heavy (non-hydrogen) atoms. The smallest absolute Gasteiger partial charge is 0.274 e.